The van der Waals surface area contributed by atoms with Crippen LogP contribution in [0.1, 0.15) is 59.3 Å². The Morgan fingerprint density at radius 1 is 0.852 bits per heavy atom. The van der Waals surface area contributed by atoms with Gasteiger partial charge in [-0.2, -0.15) is 0 Å². The number of hydrogen-bond donors (Lipinski definition) is 0. The Balaban J connectivity index is 6.37. The van der Waals surface area contributed by atoms with Crippen molar-refractivity contribution in [3.05, 3.63) is 0 Å². The monoisotopic (exact) mass is 454 g/mol. The van der Waals surface area contributed by atoms with Crippen molar-refractivity contribution in [2.45, 2.75) is 84.4 Å². The maximum absolute atomic E-state index is 13.3. The van der Waals surface area contributed by atoms with Crippen LogP contribution in [-0.4, -0.2) is 47.1 Å². The van der Waals surface area contributed by atoms with Gasteiger partial charge in [0.25, 0.3) is 0 Å². The van der Waals surface area contributed by atoms with Crippen LogP contribution >= 0.6 is 6.83 Å². The molecular weight excluding hydrogens is 416 g/mol. The van der Waals surface area contributed by atoms with E-state index < -0.39 is 30.8 Å². The van der Waals surface area contributed by atoms with Gasteiger partial charge in [-0.3, -0.25) is 0 Å². The molecule has 27 heavy (non-hydrogen) atoms. The van der Waals surface area contributed by atoms with Gasteiger partial charge in [0.1, 0.15) is 0 Å². The van der Waals surface area contributed by atoms with Gasteiger partial charge in [0.2, 0.25) is 0 Å². The van der Waals surface area contributed by atoms with Crippen LogP contribution in [0.2, 0.25) is 19.6 Å². The second kappa shape index (κ2) is 10.4. The SMILES string of the molecule is CCCCP(CCCC)(CCCC)(CO[Si](C)(C)C)OS(=O)(=O)C(F)(F)F. The van der Waals surface area contributed by atoms with E-state index in [9.17, 15) is 21.6 Å². The van der Waals surface area contributed by atoms with Crippen LogP contribution < -0.4 is 0 Å². The molecule has 0 bridgehead atoms. The van der Waals surface area contributed by atoms with Crippen LogP contribution in [0.4, 0.5) is 13.2 Å². The van der Waals surface area contributed by atoms with Crippen molar-refractivity contribution in [1.29, 1.82) is 0 Å². The van der Waals surface area contributed by atoms with Gasteiger partial charge in [-0.1, -0.05) is 0 Å². The minimum absolute atomic E-state index is 0.0105. The normalized spacial score (nSPS) is 15.5. The number of rotatable bonds is 14. The zero-order chi connectivity index (χ0) is 21.4. The summed E-state index contributed by atoms with van der Waals surface area (Å²) in [5.74, 6) is 0. The molecule has 0 heterocycles. The van der Waals surface area contributed by atoms with Crippen molar-refractivity contribution in [2.24, 2.45) is 0 Å². The van der Waals surface area contributed by atoms with E-state index in [-0.39, 0.29) is 6.35 Å². The molecule has 0 aromatic heterocycles. The Morgan fingerprint density at radius 2 is 1.22 bits per heavy atom. The molecule has 166 valence electrons. The van der Waals surface area contributed by atoms with Crippen LogP contribution in [0.5, 0.6) is 0 Å². The first-order valence-corrected chi connectivity index (χ1v) is 17.5. The average molecular weight is 455 g/mol. The summed E-state index contributed by atoms with van der Waals surface area (Å²) in [5.41, 5.74) is -5.42. The van der Waals surface area contributed by atoms with Gasteiger partial charge >= 0.3 is 165 Å². The molecule has 0 radical (unpaired) electrons. The molecule has 0 aliphatic carbocycles. The summed E-state index contributed by atoms with van der Waals surface area (Å²) in [4.78, 5) is 0. The third-order valence-electron chi connectivity index (χ3n) is 4.65. The first kappa shape index (κ1) is 27.3. The molecule has 0 aromatic carbocycles. The zero-order valence-electron chi connectivity index (χ0n) is 17.7. The molecule has 10 heteroatoms. The molecule has 0 spiro atoms. The third-order valence-corrected chi connectivity index (χ3v) is 14.1. The maximum atomic E-state index is 13.3. The minimum atomic E-state index is -5.68. The molecule has 0 aliphatic heterocycles. The van der Waals surface area contributed by atoms with E-state index in [1.807, 2.05) is 40.4 Å². The molecule has 4 nitrogen and oxygen atoms in total. The van der Waals surface area contributed by atoms with Crippen molar-refractivity contribution in [3.8, 4) is 0 Å². The first-order valence-electron chi connectivity index (χ1n) is 9.83. The van der Waals surface area contributed by atoms with E-state index in [0.717, 1.165) is 19.3 Å². The van der Waals surface area contributed by atoms with E-state index in [0.29, 0.717) is 37.7 Å². The van der Waals surface area contributed by atoms with Gasteiger partial charge in [-0.25, -0.2) is 0 Å². The van der Waals surface area contributed by atoms with Gasteiger partial charge in [0.05, 0.1) is 0 Å². The van der Waals surface area contributed by atoms with E-state index in [2.05, 4.69) is 0 Å². The third kappa shape index (κ3) is 8.68. The van der Waals surface area contributed by atoms with Crippen LogP contribution in [-0.2, 0) is 18.5 Å². The van der Waals surface area contributed by atoms with Gasteiger partial charge in [-0.05, 0) is 0 Å². The van der Waals surface area contributed by atoms with E-state index in [1.165, 1.54) is 0 Å². The number of unbranched alkanes of at least 4 members (excludes halogenated alkanes) is 3. The van der Waals surface area contributed by atoms with Gasteiger partial charge in [-0.15, -0.1) is 0 Å². The Hall–Kier alpha value is 0.307. The van der Waals surface area contributed by atoms with Crippen LogP contribution in [0, 0.1) is 0 Å². The number of alkyl halides is 3. The fourth-order valence-corrected chi connectivity index (χ4v) is 13.9. The summed E-state index contributed by atoms with van der Waals surface area (Å²) in [7, 11) is -7.76. The van der Waals surface area contributed by atoms with Crippen molar-refractivity contribution >= 4 is 25.3 Å². The molecule has 0 aliphatic rings. The molecule has 0 saturated carbocycles. The van der Waals surface area contributed by atoms with Gasteiger partial charge in [0, 0.05) is 0 Å². The fraction of sp³-hybridized carbons (Fsp3) is 1.00. The first-order chi connectivity index (χ1) is 12.2. The van der Waals surface area contributed by atoms with Crippen molar-refractivity contribution in [3.63, 3.8) is 0 Å². The molecule has 0 N–H and O–H groups in total. The van der Waals surface area contributed by atoms with E-state index in [1.54, 1.807) is 0 Å². The van der Waals surface area contributed by atoms with Gasteiger partial charge < -0.3 is 0 Å². The number of hydrogen-bond acceptors (Lipinski definition) is 4. The second-order valence-corrected chi connectivity index (χ2v) is 20.2. The summed E-state index contributed by atoms with van der Waals surface area (Å²) >= 11 is 0. The van der Waals surface area contributed by atoms with E-state index >= 15 is 0 Å². The van der Waals surface area contributed by atoms with Crippen molar-refractivity contribution in [2.75, 3.05) is 24.8 Å². The Labute approximate surface area is 164 Å². The molecule has 0 fully saturated rings. The molecule has 0 unspecified atom stereocenters. The standard InChI is InChI=1S/C17H38F3O4PSSi/c1-7-10-13-25(14-11-8-2,15-12-9-3,16-23-27(4,5)6)24-26(21,22)17(18,19)20/h7-16H2,1-6H3. The summed E-state index contributed by atoms with van der Waals surface area (Å²) < 4.78 is 75.4. The summed E-state index contributed by atoms with van der Waals surface area (Å²) in [6.07, 6.45) is 5.28. The molecule has 0 saturated heterocycles. The Kier molecular flexibility index (Phi) is 10.5. The van der Waals surface area contributed by atoms with Crippen molar-refractivity contribution < 1.29 is 30.0 Å². The number of halogens is 3. The summed E-state index contributed by atoms with van der Waals surface area (Å²) in [5, 5.41) is 0. The van der Waals surface area contributed by atoms with Gasteiger partial charge in [0.15, 0.2) is 0 Å². The Bertz CT molecular complexity index is 523. The second-order valence-electron chi connectivity index (χ2n) is 8.45. The van der Waals surface area contributed by atoms with Crippen molar-refractivity contribution in [1.82, 2.24) is 0 Å². The molecule has 0 aromatic rings. The van der Waals surface area contributed by atoms with Crippen LogP contribution in [0.25, 0.3) is 0 Å². The molecule has 0 amide bonds. The van der Waals surface area contributed by atoms with E-state index in [4.69, 9.17) is 8.40 Å². The summed E-state index contributed by atoms with van der Waals surface area (Å²) in [6, 6.07) is 0. The fourth-order valence-electron chi connectivity index (χ4n) is 3.01. The predicted molar refractivity (Wildman–Crippen MR) is 112 cm³/mol. The summed E-state index contributed by atoms with van der Waals surface area (Å²) in [6.45, 7) is 7.94. The average Bonchev–Trinajstić information content (AvgIpc) is 2.53. The van der Waals surface area contributed by atoms with Crippen LogP contribution in [0.3, 0.4) is 0 Å². The molecule has 0 rings (SSSR count). The Morgan fingerprint density at radius 3 is 1.48 bits per heavy atom. The zero-order valence-corrected chi connectivity index (χ0v) is 20.4. The van der Waals surface area contributed by atoms with Crippen LogP contribution in [0.15, 0.2) is 0 Å². The quantitative estimate of drug-likeness (QED) is 0.170. The predicted octanol–water partition coefficient (Wildman–Crippen LogP) is 6.53. The molecule has 0 atom stereocenters. The topological polar surface area (TPSA) is 52.6 Å². The molecular formula is C17H38F3O4PSSi.